The highest BCUT2D eigenvalue weighted by molar-refractivity contribution is 8.14. The van der Waals surface area contributed by atoms with Gasteiger partial charge in [-0.15, -0.1) is 0 Å². The SMILES string of the molecule is CC1N(c2ccccc2)C2=[N+](CCCS2)C1(O)c1ccc(Cl)cc1.[Br-]. The van der Waals surface area contributed by atoms with E-state index in [1.165, 1.54) is 0 Å². The molecule has 0 saturated heterocycles. The molecule has 25 heavy (non-hydrogen) atoms. The van der Waals surface area contributed by atoms with Crippen molar-refractivity contribution in [2.24, 2.45) is 0 Å². The zero-order valence-corrected chi connectivity index (χ0v) is 17.1. The molecule has 2 heterocycles. The van der Waals surface area contributed by atoms with Crippen molar-refractivity contribution >= 4 is 34.2 Å². The molecule has 6 heteroatoms. The zero-order chi connectivity index (χ0) is 16.7. The molecule has 0 aliphatic carbocycles. The van der Waals surface area contributed by atoms with Gasteiger partial charge < -0.3 is 22.1 Å². The van der Waals surface area contributed by atoms with Crippen LogP contribution in [0, 0.1) is 0 Å². The topological polar surface area (TPSA) is 26.5 Å². The van der Waals surface area contributed by atoms with Crippen LogP contribution in [0.25, 0.3) is 0 Å². The van der Waals surface area contributed by atoms with E-state index >= 15 is 0 Å². The number of para-hydroxylation sites is 1. The van der Waals surface area contributed by atoms with Gasteiger partial charge in [-0.1, -0.05) is 41.9 Å². The standard InChI is InChI=1S/C19H20ClN2OS.BrH/c1-14-19(23,15-8-10-16(20)11-9-15)21-12-5-13-24-18(21)22(14)17-6-3-2-4-7-17;/h2-4,6-11,14,23H,5,12-13H2,1H3;1H/q+1;/p-1. The maximum atomic E-state index is 11.8. The lowest BCUT2D eigenvalue weighted by atomic mass is 9.95. The fourth-order valence-corrected chi connectivity index (χ4v) is 5.03. The van der Waals surface area contributed by atoms with Crippen molar-refractivity contribution in [1.82, 2.24) is 0 Å². The van der Waals surface area contributed by atoms with E-state index < -0.39 is 5.72 Å². The van der Waals surface area contributed by atoms with Gasteiger partial charge in [-0.05, 0) is 49.4 Å². The highest BCUT2D eigenvalue weighted by Gasteiger charge is 2.59. The predicted molar refractivity (Wildman–Crippen MR) is 101 cm³/mol. The molecule has 2 unspecified atom stereocenters. The number of anilines is 1. The summed E-state index contributed by atoms with van der Waals surface area (Å²) in [6, 6.07) is 17.8. The van der Waals surface area contributed by atoms with Crippen LogP contribution in [-0.4, -0.2) is 33.2 Å². The Morgan fingerprint density at radius 3 is 2.52 bits per heavy atom. The Balaban J connectivity index is 0.00000182. The van der Waals surface area contributed by atoms with E-state index in [0.717, 1.165) is 35.1 Å². The van der Waals surface area contributed by atoms with Gasteiger partial charge in [-0.3, -0.25) is 0 Å². The van der Waals surface area contributed by atoms with E-state index in [2.05, 4.69) is 28.5 Å². The molecule has 0 spiro atoms. The van der Waals surface area contributed by atoms with Gasteiger partial charge in [-0.25, -0.2) is 9.48 Å². The number of aliphatic hydroxyl groups is 1. The van der Waals surface area contributed by atoms with Crippen LogP contribution in [0.2, 0.25) is 5.02 Å². The molecule has 0 radical (unpaired) electrons. The summed E-state index contributed by atoms with van der Waals surface area (Å²) in [7, 11) is 0. The number of hydrogen-bond acceptors (Lipinski definition) is 3. The Kier molecular flexibility index (Phi) is 5.49. The van der Waals surface area contributed by atoms with Gasteiger partial charge in [0.15, 0.2) is 6.04 Å². The number of rotatable bonds is 2. The molecule has 2 aliphatic rings. The van der Waals surface area contributed by atoms with Crippen LogP contribution in [0.5, 0.6) is 0 Å². The van der Waals surface area contributed by atoms with Crippen molar-refractivity contribution in [2.75, 3.05) is 17.2 Å². The molecule has 2 atom stereocenters. The molecule has 4 rings (SSSR count). The first-order chi connectivity index (χ1) is 11.6. The summed E-state index contributed by atoms with van der Waals surface area (Å²) in [5.74, 6) is 1.08. The molecular weight excluding hydrogens is 420 g/mol. The number of nitrogens with zero attached hydrogens (tertiary/aromatic N) is 2. The molecule has 2 aliphatic heterocycles. The Morgan fingerprint density at radius 1 is 1.16 bits per heavy atom. The summed E-state index contributed by atoms with van der Waals surface area (Å²) >= 11 is 7.87. The van der Waals surface area contributed by atoms with Crippen molar-refractivity contribution in [3.63, 3.8) is 0 Å². The molecule has 2 aromatic carbocycles. The van der Waals surface area contributed by atoms with Crippen molar-refractivity contribution in [3.8, 4) is 0 Å². The van der Waals surface area contributed by atoms with E-state index in [1.54, 1.807) is 0 Å². The number of benzene rings is 2. The number of hydrogen-bond donors (Lipinski definition) is 1. The normalized spacial score (nSPS) is 25.6. The van der Waals surface area contributed by atoms with Crippen LogP contribution < -0.4 is 21.9 Å². The lowest BCUT2D eigenvalue weighted by Crippen LogP contribution is -3.00. The van der Waals surface area contributed by atoms with Crippen molar-refractivity contribution in [2.45, 2.75) is 25.1 Å². The Morgan fingerprint density at radius 2 is 1.84 bits per heavy atom. The molecule has 0 amide bonds. The van der Waals surface area contributed by atoms with Gasteiger partial charge in [0, 0.05) is 16.3 Å². The smallest absolute Gasteiger partial charge is 0.316 e. The lowest BCUT2D eigenvalue weighted by Gasteiger charge is -2.28. The van der Waals surface area contributed by atoms with Crippen LogP contribution in [-0.2, 0) is 5.72 Å². The molecule has 0 fully saturated rings. The second-order valence-corrected chi connectivity index (χ2v) is 7.75. The van der Waals surface area contributed by atoms with Crippen LogP contribution in [0.3, 0.4) is 0 Å². The van der Waals surface area contributed by atoms with Crippen molar-refractivity contribution in [1.29, 1.82) is 0 Å². The lowest BCUT2D eigenvalue weighted by molar-refractivity contribution is -0.662. The quantitative estimate of drug-likeness (QED) is 0.705. The third-order valence-corrected chi connectivity index (χ3v) is 6.30. The van der Waals surface area contributed by atoms with E-state index in [-0.39, 0.29) is 23.0 Å². The summed E-state index contributed by atoms with van der Waals surface area (Å²) in [5, 5.41) is 13.6. The maximum Gasteiger partial charge on any atom is 0.316 e. The number of thioether (sulfide) groups is 1. The van der Waals surface area contributed by atoms with Gasteiger partial charge in [0.05, 0.1) is 6.54 Å². The average molecular weight is 440 g/mol. The van der Waals surface area contributed by atoms with Gasteiger partial charge in [0.1, 0.15) is 5.69 Å². The molecule has 0 aromatic heterocycles. The average Bonchev–Trinajstić information content (AvgIpc) is 2.85. The van der Waals surface area contributed by atoms with Crippen LogP contribution >= 0.6 is 23.4 Å². The largest absolute Gasteiger partial charge is 1.00 e. The van der Waals surface area contributed by atoms with E-state index in [4.69, 9.17) is 11.6 Å². The molecule has 3 nitrogen and oxygen atoms in total. The first-order valence-corrected chi connectivity index (χ1v) is 9.59. The number of amidine groups is 1. The van der Waals surface area contributed by atoms with Gasteiger partial charge in [-0.2, -0.15) is 0 Å². The summed E-state index contributed by atoms with van der Waals surface area (Å²) in [5.41, 5.74) is 0.950. The third kappa shape index (κ3) is 3.01. The molecule has 2 aromatic rings. The fraction of sp³-hybridized carbons (Fsp3) is 0.316. The zero-order valence-electron chi connectivity index (χ0n) is 13.9. The van der Waals surface area contributed by atoms with Crippen LogP contribution in [0.4, 0.5) is 5.69 Å². The highest BCUT2D eigenvalue weighted by atomic mass is 79.9. The Bertz CT molecular complexity index is 784. The Hall–Kier alpha value is -1.01. The molecule has 132 valence electrons. The summed E-state index contributed by atoms with van der Waals surface area (Å²) in [4.78, 5) is 2.26. The molecule has 1 N–H and O–H groups in total. The van der Waals surface area contributed by atoms with Gasteiger partial charge in [0.2, 0.25) is 0 Å². The summed E-state index contributed by atoms with van der Waals surface area (Å²) in [6.45, 7) is 2.95. The van der Waals surface area contributed by atoms with Gasteiger partial charge in [0.25, 0.3) is 5.72 Å². The minimum atomic E-state index is -1.05. The molecule has 0 saturated carbocycles. The minimum Gasteiger partial charge on any atom is -1.00 e. The molecular formula is C19H20BrClN2OS. The van der Waals surface area contributed by atoms with Crippen molar-refractivity contribution < 1.29 is 26.7 Å². The second kappa shape index (κ2) is 7.31. The third-order valence-electron chi connectivity index (χ3n) is 4.88. The summed E-state index contributed by atoms with van der Waals surface area (Å²) in [6.07, 6.45) is 1.07. The van der Waals surface area contributed by atoms with E-state index in [9.17, 15) is 5.11 Å². The maximum absolute atomic E-state index is 11.8. The highest BCUT2D eigenvalue weighted by Crippen LogP contribution is 2.42. The fourth-order valence-electron chi connectivity index (χ4n) is 3.66. The molecule has 0 bridgehead atoms. The van der Waals surface area contributed by atoms with Gasteiger partial charge >= 0.3 is 5.17 Å². The monoisotopic (exact) mass is 438 g/mol. The van der Waals surface area contributed by atoms with Crippen LogP contribution in [0.1, 0.15) is 18.9 Å². The first-order valence-electron chi connectivity index (χ1n) is 8.22. The van der Waals surface area contributed by atoms with E-state index in [0.29, 0.717) is 5.02 Å². The van der Waals surface area contributed by atoms with Crippen LogP contribution in [0.15, 0.2) is 54.6 Å². The number of halogens is 2. The minimum absolute atomic E-state index is 0. The first kappa shape index (κ1) is 18.8. The summed E-state index contributed by atoms with van der Waals surface area (Å²) < 4.78 is 2.15. The van der Waals surface area contributed by atoms with Crippen molar-refractivity contribution in [3.05, 3.63) is 65.2 Å². The van der Waals surface area contributed by atoms with E-state index in [1.807, 2.05) is 54.2 Å². The predicted octanol–water partition coefficient (Wildman–Crippen LogP) is 0.903. The second-order valence-electron chi connectivity index (χ2n) is 6.25. The Labute approximate surface area is 168 Å².